The van der Waals surface area contributed by atoms with Crippen molar-refractivity contribution in [2.45, 2.75) is 30.4 Å². The number of nitrogens with one attached hydrogen (secondary N) is 1. The zero-order valence-corrected chi connectivity index (χ0v) is 18.7. The number of hydrogen-bond acceptors (Lipinski definition) is 6. The molecule has 2 aromatic heterocycles. The minimum Gasteiger partial charge on any atom is -0.355 e. The average Bonchev–Trinajstić information content (AvgIpc) is 3.01. The molecule has 1 aliphatic heterocycles. The average molecular weight is 499 g/mol. The first-order chi connectivity index (χ1) is 16.1. The van der Waals surface area contributed by atoms with Gasteiger partial charge in [-0.2, -0.15) is 26.3 Å². The second-order valence-electron chi connectivity index (χ2n) is 7.54. The maximum absolute atomic E-state index is 13.5. The van der Waals surface area contributed by atoms with Gasteiger partial charge in [0.1, 0.15) is 11.6 Å². The highest BCUT2D eigenvalue weighted by Gasteiger charge is 2.36. The van der Waals surface area contributed by atoms with E-state index in [0.717, 1.165) is 18.2 Å². The van der Waals surface area contributed by atoms with E-state index < -0.39 is 23.5 Å². The van der Waals surface area contributed by atoms with Gasteiger partial charge in [0.2, 0.25) is 0 Å². The van der Waals surface area contributed by atoms with Crippen LogP contribution in [0.1, 0.15) is 22.4 Å². The summed E-state index contributed by atoms with van der Waals surface area (Å²) in [5.41, 5.74) is 0.229. The Morgan fingerprint density at radius 1 is 0.912 bits per heavy atom. The van der Waals surface area contributed by atoms with Crippen molar-refractivity contribution in [3.63, 3.8) is 0 Å². The number of thioether (sulfide) groups is 1. The van der Waals surface area contributed by atoms with Crippen LogP contribution < -0.4 is 10.2 Å². The number of alkyl halides is 6. The molecular weight excluding hydrogens is 480 g/mol. The summed E-state index contributed by atoms with van der Waals surface area (Å²) in [7, 11) is 0. The fraction of sp³-hybridized carbons (Fsp3) is 0.318. The van der Waals surface area contributed by atoms with E-state index >= 15 is 0 Å². The molecule has 0 aliphatic carbocycles. The smallest absolute Gasteiger partial charge is 0.355 e. The molecule has 0 atom stereocenters. The largest absolute Gasteiger partial charge is 0.419 e. The van der Waals surface area contributed by atoms with Crippen LogP contribution in [0.15, 0.2) is 47.8 Å². The van der Waals surface area contributed by atoms with Crippen molar-refractivity contribution in [1.82, 2.24) is 15.0 Å². The third-order valence-electron chi connectivity index (χ3n) is 5.37. The van der Waals surface area contributed by atoms with E-state index in [2.05, 4.69) is 20.3 Å². The normalized spacial score (nSPS) is 14.5. The number of halogens is 6. The van der Waals surface area contributed by atoms with Crippen molar-refractivity contribution in [1.29, 1.82) is 0 Å². The third-order valence-corrected chi connectivity index (χ3v) is 5.92. The molecule has 180 valence electrons. The fourth-order valence-electron chi connectivity index (χ4n) is 3.73. The summed E-state index contributed by atoms with van der Waals surface area (Å²) in [6.45, 7) is 0.522. The van der Waals surface area contributed by atoms with E-state index in [0.29, 0.717) is 40.8 Å². The molecule has 1 aliphatic rings. The summed E-state index contributed by atoms with van der Waals surface area (Å²) in [6.07, 6.45) is -5.17. The van der Waals surface area contributed by atoms with E-state index in [1.54, 1.807) is 11.2 Å². The van der Waals surface area contributed by atoms with Gasteiger partial charge in [0.25, 0.3) is 0 Å². The van der Waals surface area contributed by atoms with Gasteiger partial charge in [0.15, 0.2) is 5.16 Å². The summed E-state index contributed by atoms with van der Waals surface area (Å²) in [5.74, 6) is 0.283. The predicted octanol–water partition coefficient (Wildman–Crippen LogP) is 5.98. The van der Waals surface area contributed by atoms with Gasteiger partial charge in [0.05, 0.1) is 16.8 Å². The molecule has 0 radical (unpaired) electrons. The molecule has 4 rings (SSSR count). The lowest BCUT2D eigenvalue weighted by molar-refractivity contribution is -0.138. The first kappa shape index (κ1) is 24.1. The Labute approximate surface area is 195 Å². The van der Waals surface area contributed by atoms with Gasteiger partial charge in [-0.05, 0) is 49.1 Å². The van der Waals surface area contributed by atoms with Crippen LogP contribution in [-0.2, 0) is 25.2 Å². The number of benzene rings is 1. The van der Waals surface area contributed by atoms with Crippen molar-refractivity contribution >= 4 is 29.1 Å². The van der Waals surface area contributed by atoms with Crippen molar-refractivity contribution in [3.05, 3.63) is 65.0 Å². The lowest BCUT2D eigenvalue weighted by atomic mass is 10.1. The molecule has 1 aromatic carbocycles. The predicted molar refractivity (Wildman–Crippen MR) is 117 cm³/mol. The minimum absolute atomic E-state index is 0.141. The number of rotatable bonds is 4. The van der Waals surface area contributed by atoms with Crippen LogP contribution in [0.5, 0.6) is 0 Å². The SMILES string of the molecule is CSc1nc2c(c(Nc3ccc(C(F)(F)F)cc3)n1)CCN(c1ncccc1C(F)(F)F)CC2. The zero-order chi connectivity index (χ0) is 24.5. The van der Waals surface area contributed by atoms with Gasteiger partial charge < -0.3 is 10.2 Å². The van der Waals surface area contributed by atoms with Crippen molar-refractivity contribution in [3.8, 4) is 0 Å². The second-order valence-corrected chi connectivity index (χ2v) is 8.32. The summed E-state index contributed by atoms with van der Waals surface area (Å²) in [6, 6.07) is 6.81. The summed E-state index contributed by atoms with van der Waals surface area (Å²) < 4.78 is 79.1. The second kappa shape index (κ2) is 9.32. The monoisotopic (exact) mass is 499 g/mol. The van der Waals surface area contributed by atoms with Crippen LogP contribution in [0, 0.1) is 0 Å². The van der Waals surface area contributed by atoms with Crippen molar-refractivity contribution in [2.24, 2.45) is 0 Å². The van der Waals surface area contributed by atoms with Gasteiger partial charge in [0, 0.05) is 37.0 Å². The molecule has 3 aromatic rings. The van der Waals surface area contributed by atoms with Gasteiger partial charge in [-0.3, -0.25) is 0 Å². The maximum Gasteiger partial charge on any atom is 0.419 e. The maximum atomic E-state index is 13.5. The summed E-state index contributed by atoms with van der Waals surface area (Å²) in [5, 5.41) is 3.51. The molecule has 12 heteroatoms. The summed E-state index contributed by atoms with van der Waals surface area (Å²) in [4.78, 5) is 14.6. The first-order valence-electron chi connectivity index (χ1n) is 10.2. The Balaban J connectivity index is 1.63. The quantitative estimate of drug-likeness (QED) is 0.271. The highest BCUT2D eigenvalue weighted by molar-refractivity contribution is 7.98. The van der Waals surface area contributed by atoms with Gasteiger partial charge >= 0.3 is 12.4 Å². The Morgan fingerprint density at radius 3 is 2.26 bits per heavy atom. The van der Waals surface area contributed by atoms with Crippen LogP contribution >= 0.6 is 11.8 Å². The van der Waals surface area contributed by atoms with E-state index in [4.69, 9.17) is 0 Å². The van der Waals surface area contributed by atoms with E-state index in [-0.39, 0.29) is 18.9 Å². The third kappa shape index (κ3) is 5.21. The highest BCUT2D eigenvalue weighted by Crippen LogP contribution is 2.36. The molecular formula is C22H19F6N5S. The number of nitrogens with zero attached hydrogens (tertiary/aromatic N) is 4. The summed E-state index contributed by atoms with van der Waals surface area (Å²) >= 11 is 1.30. The number of hydrogen-bond donors (Lipinski definition) is 1. The molecule has 5 nitrogen and oxygen atoms in total. The van der Waals surface area contributed by atoms with Crippen LogP contribution in [-0.4, -0.2) is 34.3 Å². The Bertz CT molecular complexity index is 1160. The zero-order valence-electron chi connectivity index (χ0n) is 17.8. The number of anilines is 3. The number of aromatic nitrogens is 3. The standard InChI is InChI=1S/C22H19F6N5S/c1-34-20-31-17-9-12-33(19-16(22(26,27)28)3-2-10-29-19)11-8-15(17)18(32-20)30-14-6-4-13(5-7-14)21(23,24)25/h2-7,10H,8-9,11-12H2,1H3,(H,30,31,32). The molecule has 0 bridgehead atoms. The molecule has 0 saturated carbocycles. The Morgan fingerprint density at radius 2 is 1.62 bits per heavy atom. The van der Waals surface area contributed by atoms with Crippen molar-refractivity contribution < 1.29 is 26.3 Å². The minimum atomic E-state index is -4.54. The van der Waals surface area contributed by atoms with Crippen LogP contribution in [0.2, 0.25) is 0 Å². The number of fused-ring (bicyclic) bond motifs is 1. The lowest BCUT2D eigenvalue weighted by Crippen LogP contribution is -2.29. The highest BCUT2D eigenvalue weighted by atomic mass is 32.2. The Kier molecular flexibility index (Phi) is 6.61. The van der Waals surface area contributed by atoms with Crippen molar-refractivity contribution in [2.75, 3.05) is 29.6 Å². The molecule has 0 spiro atoms. The van der Waals surface area contributed by atoms with Gasteiger partial charge in [-0.1, -0.05) is 11.8 Å². The molecule has 0 amide bonds. The molecule has 0 saturated heterocycles. The lowest BCUT2D eigenvalue weighted by Gasteiger charge is -2.24. The molecule has 1 N–H and O–H groups in total. The van der Waals surface area contributed by atoms with Gasteiger partial charge in [-0.25, -0.2) is 15.0 Å². The number of pyridine rings is 1. The van der Waals surface area contributed by atoms with E-state index in [1.165, 1.54) is 36.2 Å². The Hall–Kier alpha value is -3.02. The van der Waals surface area contributed by atoms with Gasteiger partial charge in [-0.15, -0.1) is 0 Å². The molecule has 34 heavy (non-hydrogen) atoms. The molecule has 0 unspecified atom stereocenters. The van der Waals surface area contributed by atoms with Crippen LogP contribution in [0.25, 0.3) is 0 Å². The first-order valence-corrected chi connectivity index (χ1v) is 11.4. The molecule has 0 fully saturated rings. The van der Waals surface area contributed by atoms with Crippen LogP contribution in [0.4, 0.5) is 43.7 Å². The van der Waals surface area contributed by atoms with E-state index in [9.17, 15) is 26.3 Å². The fourth-order valence-corrected chi connectivity index (χ4v) is 4.12. The molecule has 3 heterocycles. The topological polar surface area (TPSA) is 53.9 Å². The van der Waals surface area contributed by atoms with E-state index in [1.807, 2.05) is 0 Å². The van der Waals surface area contributed by atoms with Crippen LogP contribution in [0.3, 0.4) is 0 Å².